The van der Waals surface area contributed by atoms with Crippen molar-refractivity contribution in [3.05, 3.63) is 30.0 Å². The van der Waals surface area contributed by atoms with Gasteiger partial charge in [-0.05, 0) is 37.0 Å². The summed E-state index contributed by atoms with van der Waals surface area (Å²) >= 11 is 0. The third kappa shape index (κ3) is 2.65. The van der Waals surface area contributed by atoms with Gasteiger partial charge in [0, 0.05) is 24.7 Å². The zero-order valence-corrected chi connectivity index (χ0v) is 12.9. The Hall–Kier alpha value is -2.50. The second-order valence-corrected chi connectivity index (χ2v) is 6.14. The van der Waals surface area contributed by atoms with Crippen LogP contribution in [0.15, 0.2) is 28.8 Å². The van der Waals surface area contributed by atoms with Crippen LogP contribution in [0.25, 0.3) is 11.3 Å². The van der Waals surface area contributed by atoms with E-state index >= 15 is 0 Å². The van der Waals surface area contributed by atoms with E-state index in [1.165, 1.54) is 6.42 Å². The molecule has 0 saturated carbocycles. The Morgan fingerprint density at radius 3 is 3.00 bits per heavy atom. The fourth-order valence-electron chi connectivity index (χ4n) is 3.10. The first-order valence-electron chi connectivity index (χ1n) is 7.87. The molecule has 23 heavy (non-hydrogen) atoms. The minimum Gasteiger partial charge on any atom is -0.454 e. The van der Waals surface area contributed by atoms with E-state index in [0.717, 1.165) is 25.1 Å². The number of carbonyl (C=O) groups is 1. The quantitative estimate of drug-likeness (QED) is 0.852. The number of rotatable bonds is 2. The van der Waals surface area contributed by atoms with E-state index in [2.05, 4.69) is 12.1 Å². The van der Waals surface area contributed by atoms with Crippen LogP contribution >= 0.6 is 0 Å². The maximum Gasteiger partial charge on any atom is 0.276 e. The molecule has 0 bridgehead atoms. The number of likely N-dealkylation sites (tertiary alicyclic amines) is 1. The molecule has 0 N–H and O–H groups in total. The number of aromatic nitrogens is 1. The third-order valence-electron chi connectivity index (χ3n) is 4.33. The summed E-state index contributed by atoms with van der Waals surface area (Å²) in [5.41, 5.74) is 1.17. The SMILES string of the molecule is CC1CCCN(C(=O)c2cc(-c3ccc4c(c3)OCO4)on2)C1. The van der Waals surface area contributed by atoms with E-state index in [0.29, 0.717) is 28.9 Å². The molecular formula is C17H18N2O4. The molecule has 1 atom stereocenters. The third-order valence-corrected chi connectivity index (χ3v) is 4.33. The summed E-state index contributed by atoms with van der Waals surface area (Å²) in [6.45, 7) is 3.97. The van der Waals surface area contributed by atoms with Gasteiger partial charge < -0.3 is 18.9 Å². The van der Waals surface area contributed by atoms with Crippen LogP contribution in [-0.2, 0) is 0 Å². The van der Waals surface area contributed by atoms with Gasteiger partial charge in [-0.2, -0.15) is 0 Å². The van der Waals surface area contributed by atoms with Gasteiger partial charge in [0.25, 0.3) is 5.91 Å². The average Bonchev–Trinajstić information content (AvgIpc) is 3.22. The van der Waals surface area contributed by atoms with Crippen molar-refractivity contribution < 1.29 is 18.8 Å². The number of nitrogens with zero attached hydrogens (tertiary/aromatic N) is 2. The Labute approximate surface area is 134 Å². The van der Waals surface area contributed by atoms with Gasteiger partial charge in [0.05, 0.1) is 0 Å². The molecule has 6 heteroatoms. The summed E-state index contributed by atoms with van der Waals surface area (Å²) in [6.07, 6.45) is 2.21. The highest BCUT2D eigenvalue weighted by atomic mass is 16.7. The molecule has 120 valence electrons. The van der Waals surface area contributed by atoms with Crippen LogP contribution < -0.4 is 9.47 Å². The number of ether oxygens (including phenoxy) is 2. The van der Waals surface area contributed by atoms with Crippen LogP contribution in [0.1, 0.15) is 30.3 Å². The number of hydrogen-bond acceptors (Lipinski definition) is 5. The van der Waals surface area contributed by atoms with Gasteiger partial charge in [-0.25, -0.2) is 0 Å². The van der Waals surface area contributed by atoms with Crippen LogP contribution in [0, 0.1) is 5.92 Å². The number of hydrogen-bond donors (Lipinski definition) is 0. The summed E-state index contributed by atoms with van der Waals surface area (Å²) in [5, 5.41) is 3.95. The Morgan fingerprint density at radius 2 is 2.13 bits per heavy atom. The monoisotopic (exact) mass is 314 g/mol. The Balaban J connectivity index is 1.55. The molecule has 4 rings (SSSR count). The number of carbonyl (C=O) groups excluding carboxylic acids is 1. The van der Waals surface area contributed by atoms with Crippen LogP contribution in [0.2, 0.25) is 0 Å². The zero-order chi connectivity index (χ0) is 15.8. The summed E-state index contributed by atoms with van der Waals surface area (Å²) in [4.78, 5) is 14.4. The highest BCUT2D eigenvalue weighted by molar-refractivity contribution is 5.93. The number of piperidine rings is 1. The van der Waals surface area contributed by atoms with Crippen molar-refractivity contribution in [3.8, 4) is 22.8 Å². The first-order chi connectivity index (χ1) is 11.2. The van der Waals surface area contributed by atoms with E-state index in [-0.39, 0.29) is 12.7 Å². The van der Waals surface area contributed by atoms with E-state index in [1.54, 1.807) is 6.07 Å². The Bertz CT molecular complexity index is 740. The van der Waals surface area contributed by atoms with Crippen LogP contribution in [-0.4, -0.2) is 35.8 Å². The summed E-state index contributed by atoms with van der Waals surface area (Å²) in [6, 6.07) is 7.22. The largest absolute Gasteiger partial charge is 0.454 e. The molecule has 1 unspecified atom stereocenters. The smallest absolute Gasteiger partial charge is 0.276 e. The molecule has 2 aliphatic heterocycles. The van der Waals surface area contributed by atoms with Crippen LogP contribution in [0.3, 0.4) is 0 Å². The lowest BCUT2D eigenvalue weighted by Crippen LogP contribution is -2.39. The Morgan fingerprint density at radius 1 is 1.26 bits per heavy atom. The first-order valence-corrected chi connectivity index (χ1v) is 7.87. The molecule has 1 aromatic heterocycles. The van der Waals surface area contributed by atoms with Crippen molar-refractivity contribution in [2.75, 3.05) is 19.9 Å². The molecule has 6 nitrogen and oxygen atoms in total. The standard InChI is InChI=1S/C17H18N2O4/c1-11-3-2-6-19(9-11)17(20)13-8-15(23-18-13)12-4-5-14-16(7-12)22-10-21-14/h4-5,7-8,11H,2-3,6,9-10H2,1H3. The van der Waals surface area contributed by atoms with Gasteiger partial charge in [0.15, 0.2) is 23.0 Å². The molecule has 0 spiro atoms. The number of fused-ring (bicyclic) bond motifs is 1. The topological polar surface area (TPSA) is 64.8 Å². The fraction of sp³-hybridized carbons (Fsp3) is 0.412. The lowest BCUT2D eigenvalue weighted by molar-refractivity contribution is 0.0672. The molecule has 3 heterocycles. The highest BCUT2D eigenvalue weighted by Crippen LogP contribution is 2.36. The molecular weight excluding hydrogens is 296 g/mol. The summed E-state index contributed by atoms with van der Waals surface area (Å²) in [5.74, 6) is 2.42. The predicted molar refractivity (Wildman–Crippen MR) is 82.4 cm³/mol. The van der Waals surface area contributed by atoms with E-state index < -0.39 is 0 Å². The van der Waals surface area contributed by atoms with E-state index in [4.69, 9.17) is 14.0 Å². The van der Waals surface area contributed by atoms with Crippen molar-refractivity contribution in [1.29, 1.82) is 0 Å². The van der Waals surface area contributed by atoms with E-state index in [9.17, 15) is 4.79 Å². The normalized spacial score (nSPS) is 19.9. The summed E-state index contributed by atoms with van der Waals surface area (Å²) < 4.78 is 16.0. The minimum absolute atomic E-state index is 0.0627. The zero-order valence-electron chi connectivity index (χ0n) is 12.9. The lowest BCUT2D eigenvalue weighted by atomic mass is 10.00. The van der Waals surface area contributed by atoms with Crippen LogP contribution in [0.5, 0.6) is 11.5 Å². The van der Waals surface area contributed by atoms with E-state index in [1.807, 2.05) is 23.1 Å². The minimum atomic E-state index is -0.0627. The van der Waals surface area contributed by atoms with Crippen molar-refractivity contribution in [1.82, 2.24) is 10.1 Å². The van der Waals surface area contributed by atoms with Gasteiger partial charge in [-0.1, -0.05) is 12.1 Å². The highest BCUT2D eigenvalue weighted by Gasteiger charge is 2.25. The van der Waals surface area contributed by atoms with Gasteiger partial charge in [0.1, 0.15) is 0 Å². The average molecular weight is 314 g/mol. The molecule has 1 saturated heterocycles. The fourth-order valence-corrected chi connectivity index (χ4v) is 3.10. The second kappa shape index (κ2) is 5.61. The lowest BCUT2D eigenvalue weighted by Gasteiger charge is -2.30. The van der Waals surface area contributed by atoms with Crippen molar-refractivity contribution in [2.24, 2.45) is 5.92 Å². The molecule has 1 fully saturated rings. The number of amides is 1. The molecule has 1 aromatic carbocycles. The second-order valence-electron chi connectivity index (χ2n) is 6.14. The molecule has 0 aliphatic carbocycles. The maximum atomic E-state index is 12.5. The van der Waals surface area contributed by atoms with Gasteiger partial charge >= 0.3 is 0 Å². The first kappa shape index (κ1) is 14.1. The van der Waals surface area contributed by atoms with Gasteiger partial charge in [-0.3, -0.25) is 4.79 Å². The number of benzene rings is 1. The Kier molecular flexibility index (Phi) is 3.44. The van der Waals surface area contributed by atoms with Crippen LogP contribution in [0.4, 0.5) is 0 Å². The van der Waals surface area contributed by atoms with Crippen molar-refractivity contribution >= 4 is 5.91 Å². The molecule has 2 aliphatic rings. The molecule has 0 radical (unpaired) electrons. The summed E-state index contributed by atoms with van der Waals surface area (Å²) in [7, 11) is 0. The molecule has 2 aromatic rings. The molecule has 1 amide bonds. The van der Waals surface area contributed by atoms with Gasteiger partial charge in [0.2, 0.25) is 6.79 Å². The van der Waals surface area contributed by atoms with Crippen molar-refractivity contribution in [3.63, 3.8) is 0 Å². The predicted octanol–water partition coefficient (Wildman–Crippen LogP) is 2.94. The maximum absolute atomic E-state index is 12.5. The van der Waals surface area contributed by atoms with Gasteiger partial charge in [-0.15, -0.1) is 0 Å². The van der Waals surface area contributed by atoms with Crippen molar-refractivity contribution in [2.45, 2.75) is 19.8 Å².